The maximum Gasteiger partial charge on any atom is 0.245 e. The fourth-order valence-corrected chi connectivity index (χ4v) is 3.43. The lowest BCUT2D eigenvalue weighted by Crippen LogP contribution is -2.46. The first kappa shape index (κ1) is 17.0. The van der Waals surface area contributed by atoms with E-state index in [1.807, 2.05) is 18.2 Å². The molecular formula is C19H23N5O2. The molecule has 0 amide bonds. The first-order valence-electron chi connectivity index (χ1n) is 9.01. The second kappa shape index (κ2) is 7.06. The highest BCUT2D eigenvalue weighted by Crippen LogP contribution is 2.39. The second-order valence-electron chi connectivity index (χ2n) is 7.14. The topological polar surface area (TPSA) is 78.4 Å². The summed E-state index contributed by atoms with van der Waals surface area (Å²) in [5, 5.41) is 13.4. The van der Waals surface area contributed by atoms with Crippen LogP contribution in [0.4, 0.5) is 0 Å². The van der Waals surface area contributed by atoms with Gasteiger partial charge in [-0.1, -0.05) is 11.2 Å². The van der Waals surface area contributed by atoms with E-state index in [0.29, 0.717) is 23.1 Å². The van der Waals surface area contributed by atoms with Crippen molar-refractivity contribution in [3.05, 3.63) is 41.0 Å². The Kier molecular flexibility index (Phi) is 4.62. The van der Waals surface area contributed by atoms with Crippen LogP contribution in [-0.4, -0.2) is 53.7 Å². The summed E-state index contributed by atoms with van der Waals surface area (Å²) in [7, 11) is 3.69. The molecule has 2 aliphatic rings. The fourth-order valence-electron chi connectivity index (χ4n) is 3.43. The SMILES string of the molecule is COc1ccc(CN2CCN(C)[C@H](c3nc(C4CC4)no3)C2)cc1C#N. The van der Waals surface area contributed by atoms with Gasteiger partial charge in [0.2, 0.25) is 5.89 Å². The lowest BCUT2D eigenvalue weighted by atomic mass is 10.1. The van der Waals surface area contributed by atoms with Gasteiger partial charge in [-0.15, -0.1) is 0 Å². The molecule has 1 aliphatic heterocycles. The zero-order valence-corrected chi connectivity index (χ0v) is 15.2. The number of likely N-dealkylation sites (N-methyl/N-ethyl adjacent to an activating group) is 1. The second-order valence-corrected chi connectivity index (χ2v) is 7.14. The first-order valence-corrected chi connectivity index (χ1v) is 9.01. The lowest BCUT2D eigenvalue weighted by molar-refractivity contribution is 0.0714. The molecule has 0 spiro atoms. The van der Waals surface area contributed by atoms with Crippen molar-refractivity contribution in [1.29, 1.82) is 5.26 Å². The quantitative estimate of drug-likeness (QED) is 0.816. The molecule has 1 saturated carbocycles. The van der Waals surface area contributed by atoms with Crippen molar-refractivity contribution >= 4 is 0 Å². The number of aromatic nitrogens is 2. The third-order valence-electron chi connectivity index (χ3n) is 5.21. The summed E-state index contributed by atoms with van der Waals surface area (Å²) in [5.74, 6) is 2.69. The van der Waals surface area contributed by atoms with Crippen LogP contribution >= 0.6 is 0 Å². The lowest BCUT2D eigenvalue weighted by Gasteiger charge is -2.37. The molecule has 0 radical (unpaired) electrons. The molecular weight excluding hydrogens is 330 g/mol. The Morgan fingerprint density at radius 3 is 2.92 bits per heavy atom. The maximum atomic E-state index is 9.28. The van der Waals surface area contributed by atoms with Crippen molar-refractivity contribution in [2.45, 2.75) is 31.3 Å². The third-order valence-corrected chi connectivity index (χ3v) is 5.21. The van der Waals surface area contributed by atoms with Crippen LogP contribution in [0.3, 0.4) is 0 Å². The number of methoxy groups -OCH3 is 1. The number of benzene rings is 1. The smallest absolute Gasteiger partial charge is 0.245 e. The van der Waals surface area contributed by atoms with Gasteiger partial charge in [-0.25, -0.2) is 0 Å². The molecule has 1 saturated heterocycles. The fraction of sp³-hybridized carbons (Fsp3) is 0.526. The van der Waals surface area contributed by atoms with Gasteiger partial charge in [0.25, 0.3) is 0 Å². The van der Waals surface area contributed by atoms with Crippen LogP contribution in [0.2, 0.25) is 0 Å². The Balaban J connectivity index is 1.46. The number of rotatable bonds is 5. The summed E-state index contributed by atoms with van der Waals surface area (Å²) in [6.45, 7) is 3.51. The Labute approximate surface area is 153 Å². The van der Waals surface area contributed by atoms with Gasteiger partial charge >= 0.3 is 0 Å². The molecule has 136 valence electrons. The van der Waals surface area contributed by atoms with E-state index < -0.39 is 0 Å². The van der Waals surface area contributed by atoms with E-state index in [9.17, 15) is 5.26 Å². The number of nitriles is 1. The van der Waals surface area contributed by atoms with Gasteiger partial charge in [-0.05, 0) is 37.6 Å². The molecule has 0 N–H and O–H groups in total. The van der Waals surface area contributed by atoms with E-state index in [0.717, 1.165) is 37.6 Å². The van der Waals surface area contributed by atoms with Crippen molar-refractivity contribution in [2.75, 3.05) is 33.8 Å². The summed E-state index contributed by atoms with van der Waals surface area (Å²) in [4.78, 5) is 9.28. The summed E-state index contributed by atoms with van der Waals surface area (Å²) < 4.78 is 10.8. The Hall–Kier alpha value is -2.43. The predicted molar refractivity (Wildman–Crippen MR) is 94.6 cm³/mol. The summed E-state index contributed by atoms with van der Waals surface area (Å²) in [6, 6.07) is 8.10. The van der Waals surface area contributed by atoms with E-state index in [1.165, 1.54) is 12.8 Å². The van der Waals surface area contributed by atoms with Crippen LogP contribution in [0, 0.1) is 11.3 Å². The number of nitrogens with zero attached hydrogens (tertiary/aromatic N) is 5. The Morgan fingerprint density at radius 2 is 2.19 bits per heavy atom. The van der Waals surface area contributed by atoms with Crippen molar-refractivity contribution in [3.63, 3.8) is 0 Å². The van der Waals surface area contributed by atoms with Crippen LogP contribution in [0.15, 0.2) is 22.7 Å². The average molecular weight is 353 g/mol. The third kappa shape index (κ3) is 3.43. The molecule has 7 heteroatoms. The van der Waals surface area contributed by atoms with Crippen LogP contribution in [0.5, 0.6) is 5.75 Å². The summed E-state index contributed by atoms with van der Waals surface area (Å²) in [6.07, 6.45) is 2.34. The first-order chi connectivity index (χ1) is 12.7. The van der Waals surface area contributed by atoms with Crippen molar-refractivity contribution < 1.29 is 9.26 Å². The van der Waals surface area contributed by atoms with Crippen LogP contribution in [-0.2, 0) is 6.54 Å². The molecule has 0 unspecified atom stereocenters. The van der Waals surface area contributed by atoms with Gasteiger partial charge in [0.05, 0.1) is 12.7 Å². The highest BCUT2D eigenvalue weighted by molar-refractivity contribution is 5.45. The zero-order chi connectivity index (χ0) is 18.1. The molecule has 4 rings (SSSR count). The van der Waals surface area contributed by atoms with Gasteiger partial charge in [0, 0.05) is 32.1 Å². The number of hydrogen-bond acceptors (Lipinski definition) is 7. The monoisotopic (exact) mass is 353 g/mol. The molecule has 1 aliphatic carbocycles. The number of piperazine rings is 1. The molecule has 7 nitrogen and oxygen atoms in total. The van der Waals surface area contributed by atoms with Crippen LogP contribution in [0.1, 0.15) is 47.6 Å². The minimum absolute atomic E-state index is 0.109. The van der Waals surface area contributed by atoms with Crippen molar-refractivity contribution in [1.82, 2.24) is 19.9 Å². The highest BCUT2D eigenvalue weighted by Gasteiger charge is 2.33. The van der Waals surface area contributed by atoms with Crippen molar-refractivity contribution in [2.24, 2.45) is 0 Å². The van der Waals surface area contributed by atoms with E-state index in [4.69, 9.17) is 9.26 Å². The molecule has 0 bridgehead atoms. The van der Waals surface area contributed by atoms with Gasteiger partial charge < -0.3 is 9.26 Å². The normalized spacial score (nSPS) is 21.5. The van der Waals surface area contributed by atoms with Crippen LogP contribution < -0.4 is 4.74 Å². The molecule has 2 fully saturated rings. The predicted octanol–water partition coefficient (Wildman–Crippen LogP) is 2.32. The molecule has 26 heavy (non-hydrogen) atoms. The standard InChI is InChI=1S/C19H23N5O2/c1-23-7-8-24(11-13-3-6-17(25-2)15(9-13)10-20)12-16(23)19-21-18(22-26-19)14-4-5-14/h3,6,9,14,16H,4-5,7-8,11-12H2,1-2H3/t16-/m0/s1. The highest BCUT2D eigenvalue weighted by atomic mass is 16.5. The van der Waals surface area contributed by atoms with E-state index in [-0.39, 0.29) is 6.04 Å². The van der Waals surface area contributed by atoms with E-state index in [1.54, 1.807) is 7.11 Å². The summed E-state index contributed by atoms with van der Waals surface area (Å²) >= 11 is 0. The van der Waals surface area contributed by atoms with E-state index in [2.05, 4.69) is 33.1 Å². The summed E-state index contributed by atoms with van der Waals surface area (Å²) in [5.41, 5.74) is 1.68. The Bertz CT molecular complexity index is 824. The van der Waals surface area contributed by atoms with E-state index >= 15 is 0 Å². The van der Waals surface area contributed by atoms with Gasteiger partial charge in [0.15, 0.2) is 5.82 Å². The average Bonchev–Trinajstić information content (AvgIpc) is 3.40. The largest absolute Gasteiger partial charge is 0.495 e. The van der Waals surface area contributed by atoms with Gasteiger partial charge in [0.1, 0.15) is 17.9 Å². The minimum atomic E-state index is 0.109. The van der Waals surface area contributed by atoms with Crippen molar-refractivity contribution in [3.8, 4) is 11.8 Å². The molecule has 1 aromatic heterocycles. The van der Waals surface area contributed by atoms with Gasteiger partial charge in [-0.2, -0.15) is 10.2 Å². The number of ether oxygens (including phenoxy) is 1. The molecule has 2 aromatic rings. The maximum absolute atomic E-state index is 9.28. The zero-order valence-electron chi connectivity index (χ0n) is 15.2. The molecule has 2 heterocycles. The van der Waals surface area contributed by atoms with Crippen LogP contribution in [0.25, 0.3) is 0 Å². The Morgan fingerprint density at radius 1 is 1.35 bits per heavy atom. The minimum Gasteiger partial charge on any atom is -0.495 e. The number of hydrogen-bond donors (Lipinski definition) is 0. The van der Waals surface area contributed by atoms with Gasteiger partial charge in [-0.3, -0.25) is 9.80 Å². The molecule has 1 aromatic carbocycles. The molecule has 1 atom stereocenters.